The van der Waals surface area contributed by atoms with Crippen LogP contribution in [0.1, 0.15) is 24.2 Å². The molecule has 0 saturated carbocycles. The van der Waals surface area contributed by atoms with E-state index in [9.17, 15) is 10.1 Å². The Hall–Kier alpha value is -3.70. The molecule has 1 N–H and O–H groups in total. The van der Waals surface area contributed by atoms with Crippen LogP contribution in [0.25, 0.3) is 0 Å². The van der Waals surface area contributed by atoms with Crippen LogP contribution in [0.3, 0.4) is 0 Å². The van der Waals surface area contributed by atoms with E-state index in [1.807, 2.05) is 0 Å². The van der Waals surface area contributed by atoms with Crippen LogP contribution in [0.4, 0.5) is 5.69 Å². The molecule has 0 saturated heterocycles. The van der Waals surface area contributed by atoms with Gasteiger partial charge in [-0.15, -0.1) is 0 Å². The molecule has 0 fully saturated rings. The Bertz CT molecular complexity index is 794. The highest BCUT2D eigenvalue weighted by molar-refractivity contribution is 5.97. The summed E-state index contributed by atoms with van der Waals surface area (Å²) in [7, 11) is 1.21. The molecule has 1 rings (SSSR count). The fourth-order valence-corrected chi connectivity index (χ4v) is 1.90. The smallest absolute Gasteiger partial charge is 0.340 e. The van der Waals surface area contributed by atoms with Gasteiger partial charge in [-0.25, -0.2) is 4.79 Å². The van der Waals surface area contributed by atoms with Gasteiger partial charge in [0.25, 0.3) is 0 Å². The Morgan fingerprint density at radius 3 is 2.04 bits per heavy atom. The van der Waals surface area contributed by atoms with E-state index in [1.54, 1.807) is 32.1 Å². The van der Waals surface area contributed by atoms with E-state index >= 15 is 0 Å². The number of carbonyl (C=O) groups excluding carboxylic acids is 1. The van der Waals surface area contributed by atoms with Gasteiger partial charge in [0, 0.05) is 12.1 Å². The van der Waals surface area contributed by atoms with Crippen LogP contribution in [0.15, 0.2) is 23.4 Å². The van der Waals surface area contributed by atoms with Crippen LogP contribution in [0, 0.1) is 34.0 Å². The zero-order valence-electron chi connectivity index (χ0n) is 14.0. The first-order chi connectivity index (χ1) is 12.1. The first-order valence-corrected chi connectivity index (χ1v) is 7.29. The molecule has 0 atom stereocenters. The number of benzene rings is 1. The number of nitriles is 3. The maximum absolute atomic E-state index is 12.1. The zero-order valence-corrected chi connectivity index (χ0v) is 14.0. The monoisotopic (exact) mass is 340 g/mol. The van der Waals surface area contributed by atoms with Crippen LogP contribution < -0.4 is 14.8 Å². The average molecular weight is 340 g/mol. The van der Waals surface area contributed by atoms with Gasteiger partial charge in [-0.3, -0.25) is 0 Å². The minimum absolute atomic E-state index is 0.0670. The molecule has 25 heavy (non-hydrogen) atoms. The number of rotatable bonds is 7. The second kappa shape index (κ2) is 9.44. The number of ether oxygens (including phenoxy) is 3. The summed E-state index contributed by atoms with van der Waals surface area (Å²) in [4.78, 5) is 12.1. The molecule has 0 spiro atoms. The van der Waals surface area contributed by atoms with E-state index in [0.717, 1.165) is 0 Å². The van der Waals surface area contributed by atoms with E-state index in [2.05, 4.69) is 5.32 Å². The van der Waals surface area contributed by atoms with Gasteiger partial charge in [0.2, 0.25) is 0 Å². The largest absolute Gasteiger partial charge is 0.490 e. The van der Waals surface area contributed by atoms with Gasteiger partial charge in [0.1, 0.15) is 23.9 Å². The van der Waals surface area contributed by atoms with E-state index in [1.165, 1.54) is 19.2 Å². The second-order valence-corrected chi connectivity index (χ2v) is 4.41. The summed E-state index contributed by atoms with van der Waals surface area (Å²) >= 11 is 0. The van der Waals surface area contributed by atoms with Crippen LogP contribution in [0.5, 0.6) is 11.5 Å². The fourth-order valence-electron chi connectivity index (χ4n) is 1.90. The van der Waals surface area contributed by atoms with Gasteiger partial charge in [-0.1, -0.05) is 0 Å². The van der Waals surface area contributed by atoms with Gasteiger partial charge < -0.3 is 19.5 Å². The van der Waals surface area contributed by atoms with Crippen molar-refractivity contribution in [1.29, 1.82) is 15.8 Å². The standard InChI is InChI=1S/C17H16N4O4/c1-4-24-15-6-12(17(22)23-3)13(7-16(15)25-5-2)21-14(10-20)11(8-18)9-19/h6-7,21H,4-5H2,1-3H3. The molecule has 0 unspecified atom stereocenters. The van der Waals surface area contributed by atoms with Crippen molar-refractivity contribution in [3.8, 4) is 29.7 Å². The third kappa shape index (κ3) is 4.63. The third-order valence-corrected chi connectivity index (χ3v) is 2.93. The van der Waals surface area contributed by atoms with Gasteiger partial charge in [0.05, 0.1) is 31.6 Å². The molecule has 0 aromatic heterocycles. The van der Waals surface area contributed by atoms with Crippen LogP contribution in [0.2, 0.25) is 0 Å². The minimum atomic E-state index is -0.681. The van der Waals surface area contributed by atoms with Crippen molar-refractivity contribution < 1.29 is 19.0 Å². The average Bonchev–Trinajstić information content (AvgIpc) is 2.63. The second-order valence-electron chi connectivity index (χ2n) is 4.41. The van der Waals surface area contributed by atoms with Crippen LogP contribution in [-0.2, 0) is 4.74 Å². The zero-order chi connectivity index (χ0) is 18.8. The van der Waals surface area contributed by atoms with Crippen molar-refractivity contribution in [3.63, 3.8) is 0 Å². The van der Waals surface area contributed by atoms with Crippen molar-refractivity contribution >= 4 is 11.7 Å². The summed E-state index contributed by atoms with van der Waals surface area (Å²) in [5.74, 6) is -0.00917. The van der Waals surface area contributed by atoms with Crippen LogP contribution >= 0.6 is 0 Å². The van der Waals surface area contributed by atoms with Crippen molar-refractivity contribution in [2.75, 3.05) is 25.6 Å². The molecule has 0 aliphatic heterocycles. The number of nitrogens with zero attached hydrogens (tertiary/aromatic N) is 3. The highest BCUT2D eigenvalue weighted by Crippen LogP contribution is 2.35. The van der Waals surface area contributed by atoms with Crippen molar-refractivity contribution in [1.82, 2.24) is 0 Å². The normalized spacial score (nSPS) is 8.96. The number of nitrogens with one attached hydrogen (secondary N) is 1. The first kappa shape index (κ1) is 19.3. The molecule has 8 heteroatoms. The summed E-state index contributed by atoms with van der Waals surface area (Å²) in [5.41, 5.74) is -0.484. The predicted molar refractivity (Wildman–Crippen MR) is 87.6 cm³/mol. The third-order valence-electron chi connectivity index (χ3n) is 2.93. The number of methoxy groups -OCH3 is 1. The molecule has 8 nitrogen and oxygen atoms in total. The van der Waals surface area contributed by atoms with E-state index < -0.39 is 11.5 Å². The van der Waals surface area contributed by atoms with Crippen molar-refractivity contribution in [2.24, 2.45) is 0 Å². The Balaban J connectivity index is 3.56. The number of hydrogen-bond acceptors (Lipinski definition) is 8. The Kier molecular flexibility index (Phi) is 7.31. The van der Waals surface area contributed by atoms with E-state index in [0.29, 0.717) is 24.7 Å². The van der Waals surface area contributed by atoms with Crippen LogP contribution in [-0.4, -0.2) is 26.3 Å². The van der Waals surface area contributed by atoms with Gasteiger partial charge >= 0.3 is 5.97 Å². The lowest BCUT2D eigenvalue weighted by atomic mass is 10.1. The summed E-state index contributed by atoms with van der Waals surface area (Å²) in [6, 6.07) is 7.83. The first-order valence-electron chi connectivity index (χ1n) is 7.29. The maximum Gasteiger partial charge on any atom is 0.340 e. The lowest BCUT2D eigenvalue weighted by Crippen LogP contribution is -2.10. The molecule has 0 aliphatic rings. The van der Waals surface area contributed by atoms with Gasteiger partial charge in [0.15, 0.2) is 17.1 Å². The Morgan fingerprint density at radius 1 is 1.04 bits per heavy atom. The van der Waals surface area contributed by atoms with Crippen molar-refractivity contribution in [3.05, 3.63) is 29.0 Å². The lowest BCUT2D eigenvalue weighted by molar-refractivity contribution is 0.0601. The predicted octanol–water partition coefficient (Wildman–Crippen LogP) is 2.51. The summed E-state index contributed by atoms with van der Waals surface area (Å²) in [6.45, 7) is 4.26. The topological polar surface area (TPSA) is 128 Å². The van der Waals surface area contributed by atoms with E-state index in [-0.39, 0.29) is 16.9 Å². The van der Waals surface area contributed by atoms with Crippen molar-refractivity contribution in [2.45, 2.75) is 13.8 Å². The Morgan fingerprint density at radius 2 is 1.60 bits per heavy atom. The molecule has 0 bridgehead atoms. The molecule has 1 aromatic carbocycles. The van der Waals surface area contributed by atoms with Gasteiger partial charge in [-0.05, 0) is 13.8 Å². The molecule has 0 radical (unpaired) electrons. The molecule has 0 aliphatic carbocycles. The molecular weight excluding hydrogens is 324 g/mol. The highest BCUT2D eigenvalue weighted by atomic mass is 16.5. The number of anilines is 1. The van der Waals surface area contributed by atoms with Gasteiger partial charge in [-0.2, -0.15) is 15.8 Å². The maximum atomic E-state index is 12.1. The summed E-state index contributed by atoms with van der Waals surface area (Å²) < 4.78 is 15.7. The fraction of sp³-hybridized carbons (Fsp3) is 0.294. The lowest BCUT2D eigenvalue weighted by Gasteiger charge is -2.16. The molecule has 0 amide bonds. The number of hydrogen-bond donors (Lipinski definition) is 1. The number of esters is 1. The summed E-state index contributed by atoms with van der Waals surface area (Å²) in [5, 5.41) is 29.6. The number of carbonyl (C=O) groups is 1. The molecular formula is C17H16N4O4. The summed E-state index contributed by atoms with van der Waals surface area (Å²) in [6.07, 6.45) is 0. The molecule has 1 aromatic rings. The number of allylic oxidation sites excluding steroid dienone is 2. The molecule has 128 valence electrons. The molecule has 0 heterocycles. The Labute approximate surface area is 145 Å². The van der Waals surface area contributed by atoms with E-state index in [4.69, 9.17) is 24.7 Å². The SMILES string of the molecule is CCOc1cc(NC(C#N)=C(C#N)C#N)c(C(=O)OC)cc1OCC. The quantitative estimate of drug-likeness (QED) is 0.592. The highest BCUT2D eigenvalue weighted by Gasteiger charge is 2.20. The minimum Gasteiger partial charge on any atom is -0.490 e.